The molecule has 1 unspecified atom stereocenters. The van der Waals surface area contributed by atoms with Crippen LogP contribution < -0.4 is 9.47 Å². The van der Waals surface area contributed by atoms with Gasteiger partial charge in [0.1, 0.15) is 17.3 Å². The van der Waals surface area contributed by atoms with Crippen molar-refractivity contribution in [1.29, 1.82) is 0 Å². The average molecular weight is 452 g/mol. The second kappa shape index (κ2) is 11.0. The molecule has 2 aromatic rings. The van der Waals surface area contributed by atoms with Crippen molar-refractivity contribution in [3.8, 4) is 11.5 Å². The number of ketones is 1. The lowest BCUT2D eigenvalue weighted by molar-refractivity contribution is -0.139. The van der Waals surface area contributed by atoms with Crippen LogP contribution in [-0.2, 0) is 9.59 Å². The molecule has 1 aliphatic rings. The molecule has 1 aliphatic heterocycles. The third-order valence-corrected chi connectivity index (χ3v) is 5.47. The first-order valence-electron chi connectivity index (χ1n) is 11.7. The van der Waals surface area contributed by atoms with Gasteiger partial charge in [-0.05, 0) is 68.7 Å². The Morgan fingerprint density at radius 2 is 1.61 bits per heavy atom. The number of rotatable bonds is 10. The van der Waals surface area contributed by atoms with Gasteiger partial charge in [-0.25, -0.2) is 0 Å². The number of likely N-dealkylation sites (tertiary alicyclic amines) is 1. The number of amides is 1. The number of hydrogen-bond donors (Lipinski definition) is 1. The van der Waals surface area contributed by atoms with Crippen LogP contribution >= 0.6 is 0 Å². The molecule has 0 radical (unpaired) electrons. The van der Waals surface area contributed by atoms with Gasteiger partial charge in [0.25, 0.3) is 11.7 Å². The van der Waals surface area contributed by atoms with Gasteiger partial charge in [0, 0.05) is 12.1 Å². The minimum absolute atomic E-state index is 0.0257. The van der Waals surface area contributed by atoms with E-state index in [1.807, 2.05) is 45.0 Å². The van der Waals surface area contributed by atoms with E-state index in [2.05, 4.69) is 6.92 Å². The smallest absolute Gasteiger partial charge is 0.295 e. The fourth-order valence-corrected chi connectivity index (χ4v) is 3.90. The quantitative estimate of drug-likeness (QED) is 0.224. The van der Waals surface area contributed by atoms with E-state index in [9.17, 15) is 14.7 Å². The molecule has 2 aromatic carbocycles. The first-order chi connectivity index (χ1) is 15.9. The first kappa shape index (κ1) is 24.4. The summed E-state index contributed by atoms with van der Waals surface area (Å²) < 4.78 is 11.4. The number of carbonyl (C=O) groups is 2. The van der Waals surface area contributed by atoms with Crippen molar-refractivity contribution in [2.24, 2.45) is 0 Å². The number of ether oxygens (including phenoxy) is 2. The average Bonchev–Trinajstić information content (AvgIpc) is 3.05. The number of carbonyl (C=O) groups excluding carboxylic acids is 2. The molecule has 1 N–H and O–H groups in total. The van der Waals surface area contributed by atoms with E-state index >= 15 is 0 Å². The lowest BCUT2D eigenvalue weighted by Gasteiger charge is -2.25. The highest BCUT2D eigenvalue weighted by atomic mass is 16.5. The molecule has 0 bridgehead atoms. The Morgan fingerprint density at radius 1 is 0.970 bits per heavy atom. The predicted octanol–water partition coefficient (Wildman–Crippen LogP) is 5.48. The van der Waals surface area contributed by atoms with Crippen LogP contribution in [0.4, 0.5) is 0 Å². The molecule has 176 valence electrons. The second-order valence-corrected chi connectivity index (χ2v) is 8.45. The summed E-state index contributed by atoms with van der Waals surface area (Å²) in [4.78, 5) is 27.4. The van der Waals surface area contributed by atoms with Crippen molar-refractivity contribution in [2.75, 3.05) is 13.2 Å². The van der Waals surface area contributed by atoms with Gasteiger partial charge in [0.2, 0.25) is 0 Å². The van der Waals surface area contributed by atoms with Crippen LogP contribution in [0, 0.1) is 0 Å². The van der Waals surface area contributed by atoms with Crippen molar-refractivity contribution in [2.45, 2.75) is 59.1 Å². The summed E-state index contributed by atoms with van der Waals surface area (Å²) in [6.07, 6.45) is 2.74. The molecule has 6 nitrogen and oxygen atoms in total. The number of nitrogens with zero attached hydrogens (tertiary/aromatic N) is 1. The van der Waals surface area contributed by atoms with Crippen LogP contribution in [-0.4, -0.2) is 41.0 Å². The maximum Gasteiger partial charge on any atom is 0.295 e. The molecule has 0 spiro atoms. The van der Waals surface area contributed by atoms with Crippen molar-refractivity contribution >= 4 is 17.4 Å². The van der Waals surface area contributed by atoms with Gasteiger partial charge in [-0.3, -0.25) is 9.59 Å². The molecule has 1 saturated heterocycles. The Kier molecular flexibility index (Phi) is 8.15. The van der Waals surface area contributed by atoms with Crippen LogP contribution in [0.15, 0.2) is 54.1 Å². The van der Waals surface area contributed by atoms with E-state index in [0.717, 1.165) is 24.2 Å². The summed E-state index contributed by atoms with van der Waals surface area (Å²) >= 11 is 0. The number of hydrogen-bond acceptors (Lipinski definition) is 5. The highest BCUT2D eigenvalue weighted by Crippen LogP contribution is 2.40. The van der Waals surface area contributed by atoms with Gasteiger partial charge in [-0.2, -0.15) is 0 Å². The van der Waals surface area contributed by atoms with E-state index in [4.69, 9.17) is 9.47 Å². The molecule has 0 saturated carbocycles. The summed E-state index contributed by atoms with van der Waals surface area (Å²) in [5, 5.41) is 11.1. The Labute approximate surface area is 195 Å². The molecule has 6 heteroatoms. The highest BCUT2D eigenvalue weighted by molar-refractivity contribution is 6.46. The molecular weight excluding hydrogens is 418 g/mol. The Hall–Kier alpha value is -3.28. The SMILES string of the molecule is CCCCOc1ccc(C2/C(=C(/O)c3ccc(OC(C)C)cc3)C(=O)C(=O)N2CCC)cc1. The topological polar surface area (TPSA) is 76.1 Å². The van der Waals surface area contributed by atoms with E-state index in [-0.39, 0.29) is 17.4 Å². The minimum atomic E-state index is -0.670. The van der Waals surface area contributed by atoms with Gasteiger partial charge < -0.3 is 19.5 Å². The van der Waals surface area contributed by atoms with E-state index in [1.165, 1.54) is 4.90 Å². The Morgan fingerprint density at radius 3 is 2.18 bits per heavy atom. The largest absolute Gasteiger partial charge is 0.507 e. The summed E-state index contributed by atoms with van der Waals surface area (Å²) in [7, 11) is 0. The minimum Gasteiger partial charge on any atom is -0.507 e. The van der Waals surface area contributed by atoms with Gasteiger partial charge in [0.05, 0.1) is 24.3 Å². The third-order valence-electron chi connectivity index (χ3n) is 5.47. The Balaban J connectivity index is 1.98. The lowest BCUT2D eigenvalue weighted by Crippen LogP contribution is -2.30. The van der Waals surface area contributed by atoms with Gasteiger partial charge in [-0.1, -0.05) is 32.4 Å². The van der Waals surface area contributed by atoms with Crippen molar-refractivity contribution < 1.29 is 24.2 Å². The zero-order chi connectivity index (χ0) is 24.0. The molecule has 3 rings (SSSR count). The monoisotopic (exact) mass is 451 g/mol. The van der Waals surface area contributed by atoms with Crippen molar-refractivity contribution in [1.82, 2.24) is 4.90 Å². The summed E-state index contributed by atoms with van der Waals surface area (Å²) in [5.74, 6) is -0.0388. The maximum absolute atomic E-state index is 13.0. The molecule has 1 atom stereocenters. The fraction of sp³-hybridized carbons (Fsp3) is 0.407. The van der Waals surface area contributed by atoms with Gasteiger partial charge in [0.15, 0.2) is 0 Å². The molecule has 1 amide bonds. The number of unbranched alkanes of at least 4 members (excludes halogenated alkanes) is 1. The molecular formula is C27H33NO5. The second-order valence-electron chi connectivity index (χ2n) is 8.45. The first-order valence-corrected chi connectivity index (χ1v) is 11.7. The van der Waals surface area contributed by atoms with Crippen LogP contribution in [0.1, 0.15) is 64.1 Å². The zero-order valence-electron chi connectivity index (χ0n) is 19.8. The highest BCUT2D eigenvalue weighted by Gasteiger charge is 2.45. The summed E-state index contributed by atoms with van der Waals surface area (Å²) in [5.41, 5.74) is 1.32. The van der Waals surface area contributed by atoms with Crippen LogP contribution in [0.5, 0.6) is 11.5 Å². The van der Waals surface area contributed by atoms with Crippen molar-refractivity contribution in [3.63, 3.8) is 0 Å². The van der Waals surface area contributed by atoms with Gasteiger partial charge >= 0.3 is 0 Å². The maximum atomic E-state index is 13.0. The number of Topliss-reactive ketones (excluding diaryl/α,β-unsaturated/α-hetero) is 1. The molecule has 33 heavy (non-hydrogen) atoms. The molecule has 0 aromatic heterocycles. The molecule has 0 aliphatic carbocycles. The molecule has 1 heterocycles. The number of benzene rings is 2. The zero-order valence-corrected chi connectivity index (χ0v) is 19.8. The predicted molar refractivity (Wildman–Crippen MR) is 128 cm³/mol. The summed E-state index contributed by atoms with van der Waals surface area (Å²) in [6, 6.07) is 13.6. The van der Waals surface area contributed by atoms with E-state index in [1.54, 1.807) is 24.3 Å². The lowest BCUT2D eigenvalue weighted by atomic mass is 9.95. The van der Waals surface area contributed by atoms with Gasteiger partial charge in [-0.15, -0.1) is 0 Å². The fourth-order valence-electron chi connectivity index (χ4n) is 3.90. The molecule has 1 fully saturated rings. The van der Waals surface area contributed by atoms with Crippen LogP contribution in [0.25, 0.3) is 5.76 Å². The van der Waals surface area contributed by atoms with Crippen LogP contribution in [0.2, 0.25) is 0 Å². The number of aliphatic hydroxyl groups excluding tert-OH is 1. The standard InChI is InChI=1S/C27H33NO5/c1-5-7-17-32-21-12-8-19(9-13-21)24-23(26(30)27(31)28(24)16-6-2)25(29)20-10-14-22(15-11-20)33-18(3)4/h8-15,18,24,29H,5-7,16-17H2,1-4H3/b25-23-. The van der Waals surface area contributed by atoms with Crippen molar-refractivity contribution in [3.05, 3.63) is 65.2 Å². The Bertz CT molecular complexity index is 992. The number of aliphatic hydroxyl groups is 1. The van der Waals surface area contributed by atoms with E-state index in [0.29, 0.717) is 30.9 Å². The summed E-state index contributed by atoms with van der Waals surface area (Å²) in [6.45, 7) is 8.98. The van der Waals surface area contributed by atoms with E-state index < -0.39 is 17.7 Å². The normalized spacial score (nSPS) is 17.6. The third kappa shape index (κ3) is 5.56. The van der Waals surface area contributed by atoms with Crippen LogP contribution in [0.3, 0.4) is 0 Å².